The van der Waals surface area contributed by atoms with E-state index in [1.54, 1.807) is 18.9 Å². The first kappa shape index (κ1) is 19.6. The summed E-state index contributed by atoms with van der Waals surface area (Å²) >= 11 is 1.71. The van der Waals surface area contributed by atoms with Crippen LogP contribution in [-0.4, -0.2) is 40.0 Å². The Morgan fingerprint density at radius 2 is 1.93 bits per heavy atom. The Balaban J connectivity index is 1.94. The van der Waals surface area contributed by atoms with Gasteiger partial charge in [0.15, 0.2) is 5.17 Å². The normalized spacial score (nSPS) is 21.4. The summed E-state index contributed by atoms with van der Waals surface area (Å²) in [5.74, 6) is 0.814. The van der Waals surface area contributed by atoms with E-state index in [0.717, 1.165) is 40.6 Å². The topological polar surface area (TPSA) is 62.1 Å². The average Bonchev–Trinajstić information content (AvgIpc) is 2.77. The number of thioether (sulfide) groups is 1. The Hall–Kier alpha value is -2.73. The van der Waals surface area contributed by atoms with Gasteiger partial charge < -0.3 is 14.7 Å². The van der Waals surface area contributed by atoms with Crippen LogP contribution in [0.4, 0.5) is 0 Å². The molecule has 1 saturated heterocycles. The number of nitrogens with zero attached hydrogens (tertiary/aromatic N) is 2. The van der Waals surface area contributed by atoms with Gasteiger partial charge in [-0.3, -0.25) is 0 Å². The minimum atomic E-state index is -0.933. The summed E-state index contributed by atoms with van der Waals surface area (Å²) in [4.78, 5) is 19.6. The maximum atomic E-state index is 12.5. The lowest BCUT2D eigenvalue weighted by Gasteiger charge is -2.45. The molecule has 0 aromatic heterocycles. The van der Waals surface area contributed by atoms with Crippen LogP contribution in [0.25, 0.3) is 5.70 Å². The molecule has 29 heavy (non-hydrogen) atoms. The van der Waals surface area contributed by atoms with Crippen molar-refractivity contribution in [2.24, 2.45) is 4.99 Å². The van der Waals surface area contributed by atoms with Gasteiger partial charge in [-0.2, -0.15) is 0 Å². The summed E-state index contributed by atoms with van der Waals surface area (Å²) in [5.41, 5.74) is 2.64. The third kappa shape index (κ3) is 3.65. The summed E-state index contributed by atoms with van der Waals surface area (Å²) < 4.78 is 5.30. The van der Waals surface area contributed by atoms with E-state index in [9.17, 15) is 9.90 Å². The van der Waals surface area contributed by atoms with Crippen LogP contribution >= 0.6 is 11.8 Å². The van der Waals surface area contributed by atoms with Crippen LogP contribution in [0.3, 0.4) is 0 Å². The van der Waals surface area contributed by atoms with Gasteiger partial charge in [0.05, 0.1) is 24.4 Å². The van der Waals surface area contributed by atoms with E-state index in [1.165, 1.54) is 0 Å². The number of amidine groups is 1. The maximum absolute atomic E-state index is 12.5. The third-order valence-corrected chi connectivity index (χ3v) is 6.49. The second kappa shape index (κ2) is 8.33. The molecule has 150 valence electrons. The van der Waals surface area contributed by atoms with Gasteiger partial charge in [0.1, 0.15) is 5.75 Å². The van der Waals surface area contributed by atoms with Crippen molar-refractivity contribution >= 4 is 28.6 Å². The van der Waals surface area contributed by atoms with Crippen molar-refractivity contribution in [1.82, 2.24) is 4.90 Å². The van der Waals surface area contributed by atoms with Crippen LogP contribution in [0.1, 0.15) is 36.9 Å². The number of benzene rings is 2. The fourth-order valence-electron chi connectivity index (χ4n) is 4.04. The van der Waals surface area contributed by atoms with Crippen molar-refractivity contribution in [3.8, 4) is 5.75 Å². The molecule has 4 rings (SSSR count). The fourth-order valence-corrected chi connectivity index (χ4v) is 5.17. The molecule has 1 N–H and O–H groups in total. The van der Waals surface area contributed by atoms with Crippen LogP contribution in [-0.2, 0) is 4.79 Å². The zero-order chi connectivity index (χ0) is 20.4. The number of hydrogen-bond donors (Lipinski definition) is 1. The fraction of sp³-hybridized carbons (Fsp3) is 0.304. The number of aliphatic imine (C=N–C) groups is 1. The average molecular weight is 409 g/mol. The van der Waals surface area contributed by atoms with Gasteiger partial charge in [-0.05, 0) is 30.5 Å². The molecule has 2 aromatic rings. The Morgan fingerprint density at radius 1 is 1.21 bits per heavy atom. The highest BCUT2D eigenvalue weighted by molar-refractivity contribution is 8.13. The highest BCUT2D eigenvalue weighted by atomic mass is 32.2. The second-order valence-corrected chi connectivity index (χ2v) is 8.17. The van der Waals surface area contributed by atoms with Gasteiger partial charge >= 0.3 is 5.97 Å². The standard InChI is InChI=1S/C23H24N2O3S/c1-3-17-13-14-29-23-24-20(15-7-5-4-6-8-15)19(22(26)27)21(25(17)23)16-9-11-18(28-2)12-10-16/h4-12,17,21H,3,13-14H2,1-2H3,(H,26,27). The number of aliphatic carboxylic acids is 1. The molecule has 2 aliphatic heterocycles. The van der Waals surface area contributed by atoms with Crippen LogP contribution in [0, 0.1) is 0 Å². The first-order valence-electron chi connectivity index (χ1n) is 9.80. The molecule has 0 spiro atoms. The minimum Gasteiger partial charge on any atom is -0.497 e. The van der Waals surface area contributed by atoms with Crippen molar-refractivity contribution in [1.29, 1.82) is 0 Å². The third-order valence-electron chi connectivity index (χ3n) is 5.49. The number of fused-ring (bicyclic) bond motifs is 1. The molecule has 2 unspecified atom stereocenters. The lowest BCUT2D eigenvalue weighted by Crippen LogP contribution is -2.48. The SMILES string of the molecule is CCC1CCSC2=NC(c3ccccc3)=C(C(=O)O)C(c3ccc(OC)cc3)N21. The van der Waals surface area contributed by atoms with Gasteiger partial charge in [-0.1, -0.05) is 61.2 Å². The lowest BCUT2D eigenvalue weighted by molar-refractivity contribution is -0.133. The van der Waals surface area contributed by atoms with Gasteiger partial charge in [0, 0.05) is 17.4 Å². The van der Waals surface area contributed by atoms with E-state index in [2.05, 4.69) is 11.8 Å². The molecule has 2 atom stereocenters. The quantitative estimate of drug-likeness (QED) is 0.769. The van der Waals surface area contributed by atoms with E-state index in [1.807, 2.05) is 54.6 Å². The Labute approximate surface area is 175 Å². The Kier molecular flexibility index (Phi) is 5.62. The zero-order valence-corrected chi connectivity index (χ0v) is 17.4. The van der Waals surface area contributed by atoms with Crippen molar-refractivity contribution in [3.63, 3.8) is 0 Å². The molecule has 0 radical (unpaired) electrons. The van der Waals surface area contributed by atoms with Crippen molar-refractivity contribution in [3.05, 3.63) is 71.3 Å². The van der Waals surface area contributed by atoms with E-state index < -0.39 is 5.97 Å². The lowest BCUT2D eigenvalue weighted by atomic mass is 9.90. The molecule has 0 saturated carbocycles. The Morgan fingerprint density at radius 3 is 2.55 bits per heavy atom. The second-order valence-electron chi connectivity index (χ2n) is 7.11. The first-order valence-corrected chi connectivity index (χ1v) is 10.8. The molecule has 0 aliphatic carbocycles. The summed E-state index contributed by atoms with van der Waals surface area (Å²) in [5, 5.41) is 11.2. The van der Waals surface area contributed by atoms with Crippen LogP contribution in [0.15, 0.2) is 65.2 Å². The van der Waals surface area contributed by atoms with Crippen molar-refractivity contribution in [2.45, 2.75) is 31.8 Å². The predicted octanol–water partition coefficient (Wildman–Crippen LogP) is 4.82. The molecular formula is C23H24N2O3S. The largest absolute Gasteiger partial charge is 0.497 e. The van der Waals surface area contributed by atoms with Crippen LogP contribution in [0.2, 0.25) is 0 Å². The molecule has 2 heterocycles. The number of hydrogen-bond acceptors (Lipinski definition) is 5. The number of methoxy groups -OCH3 is 1. The van der Waals surface area contributed by atoms with Crippen molar-refractivity contribution < 1.29 is 14.6 Å². The number of carbonyl (C=O) groups is 1. The smallest absolute Gasteiger partial charge is 0.336 e. The van der Waals surface area contributed by atoms with Gasteiger partial charge in [-0.15, -0.1) is 0 Å². The van der Waals surface area contributed by atoms with Crippen LogP contribution in [0.5, 0.6) is 5.75 Å². The first-order chi connectivity index (χ1) is 14.1. The van der Waals surface area contributed by atoms with Crippen LogP contribution < -0.4 is 4.74 Å². The number of carboxylic acids is 1. The molecule has 1 fully saturated rings. The zero-order valence-electron chi connectivity index (χ0n) is 16.5. The van der Waals surface area contributed by atoms with E-state index in [4.69, 9.17) is 9.73 Å². The summed E-state index contributed by atoms with van der Waals surface area (Å²) in [7, 11) is 1.63. The summed E-state index contributed by atoms with van der Waals surface area (Å²) in [6, 6.07) is 17.2. The van der Waals surface area contributed by atoms with E-state index in [0.29, 0.717) is 11.3 Å². The molecule has 6 heteroatoms. The molecule has 5 nitrogen and oxygen atoms in total. The number of ether oxygens (including phenoxy) is 1. The highest BCUT2D eigenvalue weighted by Gasteiger charge is 2.41. The monoisotopic (exact) mass is 408 g/mol. The maximum Gasteiger partial charge on any atom is 0.336 e. The molecule has 2 aliphatic rings. The molecule has 0 bridgehead atoms. The summed E-state index contributed by atoms with van der Waals surface area (Å²) in [6.07, 6.45) is 1.96. The highest BCUT2D eigenvalue weighted by Crippen LogP contribution is 2.45. The van der Waals surface area contributed by atoms with Gasteiger partial charge in [0.25, 0.3) is 0 Å². The number of rotatable bonds is 5. The van der Waals surface area contributed by atoms with E-state index >= 15 is 0 Å². The summed E-state index contributed by atoms with van der Waals surface area (Å²) in [6.45, 7) is 2.15. The molecule has 0 amide bonds. The Bertz CT molecular complexity index is 954. The van der Waals surface area contributed by atoms with Gasteiger partial charge in [-0.25, -0.2) is 9.79 Å². The predicted molar refractivity (Wildman–Crippen MR) is 117 cm³/mol. The molecular weight excluding hydrogens is 384 g/mol. The molecule has 2 aromatic carbocycles. The van der Waals surface area contributed by atoms with Gasteiger partial charge in [0.2, 0.25) is 0 Å². The minimum absolute atomic E-state index is 0.258. The van der Waals surface area contributed by atoms with Crippen molar-refractivity contribution in [2.75, 3.05) is 12.9 Å². The number of carboxylic acid groups (broad SMARTS) is 1. The van der Waals surface area contributed by atoms with E-state index in [-0.39, 0.29) is 12.1 Å².